The molecule has 41 heavy (non-hydrogen) atoms. The molecule has 0 bridgehead atoms. The van der Waals surface area contributed by atoms with E-state index >= 15 is 0 Å². The van der Waals surface area contributed by atoms with Crippen molar-refractivity contribution >= 4 is 22.5 Å². The normalized spacial score (nSPS) is 19.4. The van der Waals surface area contributed by atoms with Crippen LogP contribution in [0.1, 0.15) is 49.4 Å². The third-order valence-electron chi connectivity index (χ3n) is 7.85. The molecule has 1 saturated heterocycles. The third-order valence-corrected chi connectivity index (χ3v) is 8.40. The first-order valence-corrected chi connectivity index (χ1v) is 15.4. The quantitative estimate of drug-likeness (QED) is 0.293. The van der Waals surface area contributed by atoms with Crippen molar-refractivity contribution in [3.05, 3.63) is 75.7 Å². The number of nitrogens with zero attached hydrogens (tertiary/aromatic N) is 3. The number of aromatic nitrogens is 2. The number of rotatable bonds is 11. The predicted molar refractivity (Wildman–Crippen MR) is 158 cm³/mol. The van der Waals surface area contributed by atoms with Crippen LogP contribution >= 0.6 is 0 Å². The SMILES string of the molecule is Cc1cccc(-n2ncc(N3CC[NH2+]C(c4ccc(NCC(C)O)cc4CS(=O)[O-])C3)c(OCC3(C)CC3)c2=O)c1. The molecule has 1 saturated carbocycles. The smallest absolute Gasteiger partial charge is 0.316 e. The Morgan fingerprint density at radius 1 is 1.29 bits per heavy atom. The number of aryl methyl sites for hydroxylation is 1. The summed E-state index contributed by atoms with van der Waals surface area (Å²) < 4.78 is 31.2. The van der Waals surface area contributed by atoms with E-state index in [1.165, 1.54) is 4.68 Å². The van der Waals surface area contributed by atoms with Crippen LogP contribution in [0.4, 0.5) is 11.4 Å². The lowest BCUT2D eigenvalue weighted by molar-refractivity contribution is -0.697. The number of aliphatic hydroxyl groups excluding tert-OH is 1. The maximum absolute atomic E-state index is 13.8. The van der Waals surface area contributed by atoms with Crippen molar-refractivity contribution in [2.24, 2.45) is 5.41 Å². The van der Waals surface area contributed by atoms with Crippen molar-refractivity contribution in [2.75, 3.05) is 43.0 Å². The number of ether oxygens (including phenoxy) is 1. The zero-order valence-electron chi connectivity index (χ0n) is 23.8. The minimum atomic E-state index is -2.26. The van der Waals surface area contributed by atoms with Gasteiger partial charge in [0.1, 0.15) is 11.7 Å². The van der Waals surface area contributed by atoms with Crippen LogP contribution in [-0.4, -0.2) is 62.5 Å². The number of piperazine rings is 1. The van der Waals surface area contributed by atoms with E-state index in [9.17, 15) is 18.7 Å². The van der Waals surface area contributed by atoms with E-state index in [0.717, 1.165) is 36.2 Å². The Morgan fingerprint density at radius 3 is 2.80 bits per heavy atom. The predicted octanol–water partition coefficient (Wildman–Crippen LogP) is 2.02. The Hall–Kier alpha value is -3.25. The summed E-state index contributed by atoms with van der Waals surface area (Å²) in [4.78, 5) is 15.9. The molecule has 11 heteroatoms. The van der Waals surface area contributed by atoms with E-state index in [4.69, 9.17) is 4.74 Å². The summed E-state index contributed by atoms with van der Waals surface area (Å²) in [7, 11) is 0. The number of hydrogen-bond donors (Lipinski definition) is 3. The first-order chi connectivity index (χ1) is 19.6. The second-order valence-electron chi connectivity index (χ2n) is 11.7. The Bertz CT molecular complexity index is 1470. The number of aliphatic hydroxyl groups is 1. The Kier molecular flexibility index (Phi) is 8.79. The number of hydrogen-bond acceptors (Lipinski definition) is 8. The monoisotopic (exact) mass is 581 g/mol. The fourth-order valence-corrected chi connectivity index (χ4v) is 5.72. The second kappa shape index (κ2) is 12.3. The largest absolute Gasteiger partial charge is 0.772 e. The highest BCUT2D eigenvalue weighted by Gasteiger charge is 2.39. The molecule has 1 aliphatic carbocycles. The summed E-state index contributed by atoms with van der Waals surface area (Å²) in [5.74, 6) is 0.194. The van der Waals surface area contributed by atoms with Gasteiger partial charge in [-0.15, -0.1) is 0 Å². The molecule has 10 nitrogen and oxygen atoms in total. The zero-order chi connectivity index (χ0) is 29.1. The molecular formula is C30H39N5O5S. The van der Waals surface area contributed by atoms with Crippen molar-refractivity contribution < 1.29 is 23.9 Å². The fourth-order valence-electron chi connectivity index (χ4n) is 5.21. The topological polar surface area (TPSA) is 136 Å². The summed E-state index contributed by atoms with van der Waals surface area (Å²) >= 11 is -2.26. The van der Waals surface area contributed by atoms with E-state index < -0.39 is 17.2 Å². The summed E-state index contributed by atoms with van der Waals surface area (Å²) in [6.07, 6.45) is 3.34. The van der Waals surface area contributed by atoms with Crippen LogP contribution in [0.25, 0.3) is 5.69 Å². The van der Waals surface area contributed by atoms with Gasteiger partial charge < -0.3 is 29.9 Å². The zero-order valence-corrected chi connectivity index (χ0v) is 24.7. The van der Waals surface area contributed by atoms with Gasteiger partial charge in [-0.1, -0.05) is 36.2 Å². The minimum absolute atomic E-state index is 0.0545. The average molecular weight is 582 g/mol. The molecule has 2 aromatic carbocycles. The molecule has 0 radical (unpaired) electrons. The summed E-state index contributed by atoms with van der Waals surface area (Å²) in [6, 6.07) is 13.3. The van der Waals surface area contributed by atoms with E-state index in [1.807, 2.05) is 49.4 Å². The Balaban J connectivity index is 1.46. The molecular weight excluding hydrogens is 542 g/mol. The lowest BCUT2D eigenvalue weighted by atomic mass is 9.98. The van der Waals surface area contributed by atoms with Gasteiger partial charge in [-0.05, 0) is 62.1 Å². The Morgan fingerprint density at radius 2 is 2.10 bits per heavy atom. The van der Waals surface area contributed by atoms with Gasteiger partial charge in [0, 0.05) is 29.0 Å². The van der Waals surface area contributed by atoms with Gasteiger partial charge in [0.2, 0.25) is 5.75 Å². The average Bonchev–Trinajstić information content (AvgIpc) is 3.68. The van der Waals surface area contributed by atoms with Crippen LogP contribution in [0.2, 0.25) is 0 Å². The maximum Gasteiger partial charge on any atom is 0.316 e. The molecule has 0 spiro atoms. The molecule has 3 aromatic rings. The highest BCUT2D eigenvalue weighted by atomic mass is 32.2. The highest BCUT2D eigenvalue weighted by molar-refractivity contribution is 7.78. The standard InChI is InChI=1S/C30H39N5O5S/c1-20-5-4-6-24(13-20)35-29(37)28(40-19-30(3)9-10-30)27(16-33-35)34-12-11-31-26(17-34)25-8-7-23(32-15-21(2)36)14-22(25)18-41(38)39/h4-8,13-14,16,21,26,31-32,36H,9-12,15,17-19H2,1-3H3,(H,38,39). The summed E-state index contributed by atoms with van der Waals surface area (Å²) in [6.45, 7) is 8.68. The molecule has 2 heterocycles. The van der Waals surface area contributed by atoms with Gasteiger partial charge in [0.05, 0.1) is 44.2 Å². The second-order valence-corrected chi connectivity index (χ2v) is 12.6. The minimum Gasteiger partial charge on any atom is -0.772 e. The van der Waals surface area contributed by atoms with Gasteiger partial charge in [-0.25, -0.2) is 0 Å². The van der Waals surface area contributed by atoms with Crippen molar-refractivity contribution in [3.8, 4) is 11.4 Å². The number of benzene rings is 2. The lowest BCUT2D eigenvalue weighted by Gasteiger charge is -2.34. The van der Waals surface area contributed by atoms with Gasteiger partial charge in [0.15, 0.2) is 0 Å². The van der Waals surface area contributed by atoms with E-state index in [0.29, 0.717) is 48.9 Å². The van der Waals surface area contributed by atoms with Gasteiger partial charge in [-0.2, -0.15) is 9.78 Å². The molecule has 3 atom stereocenters. The maximum atomic E-state index is 13.8. The van der Waals surface area contributed by atoms with Crippen LogP contribution in [0.5, 0.6) is 5.75 Å². The lowest BCUT2D eigenvalue weighted by Crippen LogP contribution is -2.90. The number of nitrogens with one attached hydrogen (secondary N) is 1. The molecule has 1 aromatic heterocycles. The molecule has 5 rings (SSSR count). The molecule has 1 aliphatic heterocycles. The first kappa shape index (κ1) is 29.2. The van der Waals surface area contributed by atoms with E-state index in [-0.39, 0.29) is 22.8 Å². The van der Waals surface area contributed by atoms with Gasteiger partial charge in [-0.3, -0.25) is 9.00 Å². The van der Waals surface area contributed by atoms with Gasteiger partial charge >= 0.3 is 5.56 Å². The van der Waals surface area contributed by atoms with Crippen molar-refractivity contribution in [2.45, 2.75) is 51.5 Å². The van der Waals surface area contributed by atoms with Crippen LogP contribution in [0.3, 0.4) is 0 Å². The van der Waals surface area contributed by atoms with Crippen LogP contribution < -0.4 is 25.8 Å². The molecule has 4 N–H and O–H groups in total. The number of quaternary nitrogens is 1. The van der Waals surface area contributed by atoms with E-state index in [2.05, 4.69) is 27.6 Å². The van der Waals surface area contributed by atoms with Crippen LogP contribution in [-0.2, 0) is 16.8 Å². The molecule has 220 valence electrons. The highest BCUT2D eigenvalue weighted by Crippen LogP contribution is 2.45. The Labute approximate surface area is 243 Å². The first-order valence-electron chi connectivity index (χ1n) is 14.1. The van der Waals surface area contributed by atoms with Crippen LogP contribution in [0.15, 0.2) is 53.5 Å². The van der Waals surface area contributed by atoms with Crippen molar-refractivity contribution in [1.29, 1.82) is 0 Å². The van der Waals surface area contributed by atoms with Crippen molar-refractivity contribution in [1.82, 2.24) is 9.78 Å². The van der Waals surface area contributed by atoms with Gasteiger partial charge in [0.25, 0.3) is 0 Å². The van der Waals surface area contributed by atoms with Crippen molar-refractivity contribution in [3.63, 3.8) is 0 Å². The molecule has 2 aliphatic rings. The summed E-state index contributed by atoms with van der Waals surface area (Å²) in [5, 5.41) is 19.5. The number of nitrogens with two attached hydrogens (primary N) is 1. The molecule has 3 unspecified atom stereocenters. The summed E-state index contributed by atoms with van der Waals surface area (Å²) in [5.41, 5.74) is 4.57. The number of anilines is 2. The third kappa shape index (κ3) is 7.16. The molecule has 0 amide bonds. The molecule has 2 fully saturated rings. The van der Waals surface area contributed by atoms with Crippen LogP contribution in [0, 0.1) is 12.3 Å². The fraction of sp³-hybridized carbons (Fsp3) is 0.467. The van der Waals surface area contributed by atoms with E-state index in [1.54, 1.807) is 13.1 Å².